The highest BCUT2D eigenvalue weighted by Crippen LogP contribution is 2.18. The summed E-state index contributed by atoms with van der Waals surface area (Å²) in [5.74, 6) is 0.621. The van der Waals surface area contributed by atoms with Crippen molar-refractivity contribution >= 4 is 24.0 Å². The number of hydrogen-bond acceptors (Lipinski definition) is 4. The zero-order chi connectivity index (χ0) is 16.5. The molecule has 0 spiro atoms. The number of hydrogen-bond donors (Lipinski definition) is 2. The van der Waals surface area contributed by atoms with Crippen molar-refractivity contribution in [3.63, 3.8) is 0 Å². The van der Waals surface area contributed by atoms with E-state index in [2.05, 4.69) is 5.32 Å². The summed E-state index contributed by atoms with van der Waals surface area (Å²) in [4.78, 5) is 12.1. The second-order valence-electron chi connectivity index (χ2n) is 5.14. The van der Waals surface area contributed by atoms with Crippen LogP contribution in [0.5, 0.6) is 5.75 Å². The Balaban J connectivity index is 0.00000288. The maximum absolute atomic E-state index is 12.1. The maximum Gasteiger partial charge on any atom is 0.226 e. The Morgan fingerprint density at radius 1 is 1.08 bits per heavy atom. The Bertz CT molecular complexity index is 605. The summed E-state index contributed by atoms with van der Waals surface area (Å²) in [5.41, 5.74) is 7.71. The number of anilines is 1. The molecule has 0 radical (unpaired) electrons. The minimum Gasteiger partial charge on any atom is -0.491 e. The number of nitrogens with two attached hydrogens (primary N) is 1. The molecule has 0 saturated carbocycles. The minimum absolute atomic E-state index is 0. The number of methoxy groups -OCH3 is 1. The van der Waals surface area contributed by atoms with Crippen molar-refractivity contribution in [3.8, 4) is 5.75 Å². The number of halogens is 1. The van der Waals surface area contributed by atoms with Gasteiger partial charge in [0.05, 0.1) is 6.61 Å². The van der Waals surface area contributed by atoms with Crippen molar-refractivity contribution in [3.05, 3.63) is 60.2 Å². The Morgan fingerprint density at radius 3 is 2.38 bits per heavy atom. The van der Waals surface area contributed by atoms with Gasteiger partial charge in [-0.2, -0.15) is 0 Å². The van der Waals surface area contributed by atoms with Gasteiger partial charge in [-0.1, -0.05) is 30.3 Å². The van der Waals surface area contributed by atoms with Crippen LogP contribution in [0.15, 0.2) is 54.6 Å². The molecule has 1 amide bonds. The third-order valence-corrected chi connectivity index (χ3v) is 3.33. The van der Waals surface area contributed by atoms with Gasteiger partial charge in [0.15, 0.2) is 0 Å². The molecule has 1 unspecified atom stereocenters. The number of benzene rings is 2. The van der Waals surface area contributed by atoms with Crippen LogP contribution in [-0.2, 0) is 9.53 Å². The summed E-state index contributed by atoms with van der Waals surface area (Å²) in [6.07, 6.45) is 0.232. The van der Waals surface area contributed by atoms with Crippen molar-refractivity contribution in [2.24, 2.45) is 5.73 Å². The van der Waals surface area contributed by atoms with Crippen LogP contribution in [0.25, 0.3) is 0 Å². The van der Waals surface area contributed by atoms with E-state index in [1.165, 1.54) is 0 Å². The fraction of sp³-hybridized carbons (Fsp3) is 0.278. The highest BCUT2D eigenvalue weighted by molar-refractivity contribution is 5.91. The van der Waals surface area contributed by atoms with E-state index in [1.807, 2.05) is 42.5 Å². The first-order valence-corrected chi connectivity index (χ1v) is 7.51. The molecule has 0 heterocycles. The summed E-state index contributed by atoms with van der Waals surface area (Å²) in [5, 5.41) is 2.84. The van der Waals surface area contributed by atoms with Gasteiger partial charge in [-0.15, -0.1) is 12.4 Å². The van der Waals surface area contributed by atoms with Gasteiger partial charge in [-0.3, -0.25) is 4.79 Å². The van der Waals surface area contributed by atoms with Gasteiger partial charge in [0, 0.05) is 25.3 Å². The van der Waals surface area contributed by atoms with E-state index in [4.69, 9.17) is 15.2 Å². The van der Waals surface area contributed by atoms with E-state index >= 15 is 0 Å². The highest BCUT2D eigenvalue weighted by atomic mass is 35.5. The number of nitrogens with one attached hydrogen (secondary N) is 1. The lowest BCUT2D eigenvalue weighted by atomic mass is 10.0. The molecular formula is C18H23ClN2O3. The molecule has 5 nitrogen and oxygen atoms in total. The van der Waals surface area contributed by atoms with Gasteiger partial charge >= 0.3 is 0 Å². The molecule has 24 heavy (non-hydrogen) atoms. The molecule has 2 rings (SSSR count). The molecular weight excluding hydrogens is 328 g/mol. The van der Waals surface area contributed by atoms with Gasteiger partial charge < -0.3 is 20.5 Å². The number of carbonyl (C=O) groups is 1. The highest BCUT2D eigenvalue weighted by Gasteiger charge is 2.11. The zero-order valence-electron chi connectivity index (χ0n) is 13.6. The fourth-order valence-electron chi connectivity index (χ4n) is 2.11. The van der Waals surface area contributed by atoms with Crippen molar-refractivity contribution in [1.29, 1.82) is 0 Å². The summed E-state index contributed by atoms with van der Waals surface area (Å²) in [6.45, 7) is 1.03. The molecule has 0 bridgehead atoms. The summed E-state index contributed by atoms with van der Waals surface area (Å²) in [7, 11) is 1.63. The summed E-state index contributed by atoms with van der Waals surface area (Å²) < 4.78 is 10.4. The first-order chi connectivity index (χ1) is 11.2. The summed E-state index contributed by atoms with van der Waals surface area (Å²) in [6, 6.07) is 16.5. The SMILES string of the molecule is COCCOc1ccc(NC(=O)CC(N)c2ccccc2)cc1.Cl. The first-order valence-electron chi connectivity index (χ1n) is 7.51. The van der Waals surface area contributed by atoms with E-state index in [1.54, 1.807) is 19.2 Å². The number of ether oxygens (including phenoxy) is 2. The van der Waals surface area contributed by atoms with E-state index in [0.717, 1.165) is 11.3 Å². The molecule has 1 atom stereocenters. The smallest absolute Gasteiger partial charge is 0.226 e. The van der Waals surface area contributed by atoms with Gasteiger partial charge in [-0.05, 0) is 29.8 Å². The molecule has 0 aliphatic rings. The molecule has 0 fully saturated rings. The average molecular weight is 351 g/mol. The first kappa shape index (κ1) is 20.0. The third kappa shape index (κ3) is 6.58. The number of amides is 1. The van der Waals surface area contributed by atoms with E-state index in [9.17, 15) is 4.79 Å². The van der Waals surface area contributed by atoms with Gasteiger partial charge in [0.25, 0.3) is 0 Å². The van der Waals surface area contributed by atoms with Crippen LogP contribution in [0.1, 0.15) is 18.0 Å². The molecule has 2 aromatic carbocycles. The molecule has 0 aromatic heterocycles. The second-order valence-corrected chi connectivity index (χ2v) is 5.14. The molecule has 0 aliphatic carbocycles. The Kier molecular flexibility index (Phi) is 8.86. The lowest BCUT2D eigenvalue weighted by molar-refractivity contribution is -0.116. The van der Waals surface area contributed by atoms with Crippen LogP contribution in [0.3, 0.4) is 0 Å². The third-order valence-electron chi connectivity index (χ3n) is 3.33. The molecule has 6 heteroatoms. The second kappa shape index (κ2) is 10.6. The van der Waals surface area contributed by atoms with E-state index in [-0.39, 0.29) is 30.8 Å². The number of rotatable bonds is 8. The average Bonchev–Trinajstić information content (AvgIpc) is 2.57. The Hall–Kier alpha value is -2.08. The zero-order valence-corrected chi connectivity index (χ0v) is 14.4. The van der Waals surface area contributed by atoms with Crippen LogP contribution in [0.2, 0.25) is 0 Å². The van der Waals surface area contributed by atoms with Crippen LogP contribution >= 0.6 is 12.4 Å². The standard InChI is InChI=1S/C18H22N2O3.ClH/c1-22-11-12-23-16-9-7-15(8-10-16)20-18(21)13-17(19)14-5-3-2-4-6-14;/h2-10,17H,11-13,19H2,1H3,(H,20,21);1H. The Morgan fingerprint density at radius 2 is 1.75 bits per heavy atom. The molecule has 0 saturated heterocycles. The van der Waals surface area contributed by atoms with Gasteiger partial charge in [0.1, 0.15) is 12.4 Å². The monoisotopic (exact) mass is 350 g/mol. The normalized spacial score (nSPS) is 11.2. The van der Waals surface area contributed by atoms with Crippen LogP contribution in [0.4, 0.5) is 5.69 Å². The van der Waals surface area contributed by atoms with Crippen LogP contribution in [0, 0.1) is 0 Å². The molecule has 2 aromatic rings. The maximum atomic E-state index is 12.1. The van der Waals surface area contributed by atoms with Crippen LogP contribution in [-0.4, -0.2) is 26.2 Å². The predicted octanol–water partition coefficient (Wildman–Crippen LogP) is 3.16. The number of carbonyl (C=O) groups excluding carboxylic acids is 1. The predicted molar refractivity (Wildman–Crippen MR) is 97.7 cm³/mol. The molecule has 130 valence electrons. The van der Waals surface area contributed by atoms with E-state index < -0.39 is 0 Å². The van der Waals surface area contributed by atoms with Crippen molar-refractivity contribution in [2.75, 3.05) is 25.6 Å². The van der Waals surface area contributed by atoms with Crippen LogP contribution < -0.4 is 15.8 Å². The van der Waals surface area contributed by atoms with Crippen molar-refractivity contribution < 1.29 is 14.3 Å². The summed E-state index contributed by atoms with van der Waals surface area (Å²) >= 11 is 0. The van der Waals surface area contributed by atoms with Gasteiger partial charge in [0.2, 0.25) is 5.91 Å². The molecule has 3 N–H and O–H groups in total. The largest absolute Gasteiger partial charge is 0.491 e. The quantitative estimate of drug-likeness (QED) is 0.717. The minimum atomic E-state index is -0.312. The van der Waals surface area contributed by atoms with E-state index in [0.29, 0.717) is 18.9 Å². The lowest BCUT2D eigenvalue weighted by Gasteiger charge is -2.12. The van der Waals surface area contributed by atoms with Gasteiger partial charge in [-0.25, -0.2) is 0 Å². The topological polar surface area (TPSA) is 73.6 Å². The lowest BCUT2D eigenvalue weighted by Crippen LogP contribution is -2.20. The molecule has 0 aliphatic heterocycles. The fourth-order valence-corrected chi connectivity index (χ4v) is 2.11. The Labute approximate surface area is 148 Å². The van der Waals surface area contributed by atoms with Crippen molar-refractivity contribution in [1.82, 2.24) is 0 Å². The van der Waals surface area contributed by atoms with Crippen molar-refractivity contribution in [2.45, 2.75) is 12.5 Å².